The number of guanidine groups is 1. The van der Waals surface area contributed by atoms with E-state index < -0.39 is 0 Å². The Morgan fingerprint density at radius 3 is 2.26 bits per heavy atom. The molecule has 0 aliphatic carbocycles. The number of anilines is 2. The molecule has 1 fully saturated rings. The molecule has 1 aliphatic heterocycles. The average molecular weight is 478 g/mol. The SMILES string of the molecule is Cc1ccc(NC(=O)N/C(=N/c2nc(C)cc(C)n2)N2CCN(c3cccc(Cl)c3)CC2)cc1. The van der Waals surface area contributed by atoms with Gasteiger partial charge in [-0.1, -0.05) is 35.4 Å². The third kappa shape index (κ3) is 6.23. The smallest absolute Gasteiger partial charge is 0.326 e. The summed E-state index contributed by atoms with van der Waals surface area (Å²) in [5, 5.41) is 6.48. The van der Waals surface area contributed by atoms with Crippen LogP contribution in [0.25, 0.3) is 0 Å². The first-order valence-corrected chi connectivity index (χ1v) is 11.5. The van der Waals surface area contributed by atoms with Crippen LogP contribution < -0.4 is 15.5 Å². The fourth-order valence-electron chi connectivity index (χ4n) is 3.78. The number of benzene rings is 2. The molecule has 1 aromatic heterocycles. The number of urea groups is 1. The summed E-state index contributed by atoms with van der Waals surface area (Å²) >= 11 is 6.17. The molecule has 8 nitrogen and oxygen atoms in total. The van der Waals surface area contributed by atoms with E-state index in [2.05, 4.69) is 30.5 Å². The molecule has 0 spiro atoms. The van der Waals surface area contributed by atoms with Gasteiger partial charge in [0.1, 0.15) is 0 Å². The van der Waals surface area contributed by atoms with Crippen LogP contribution in [0.1, 0.15) is 17.0 Å². The number of aliphatic imine (C=N–C) groups is 1. The maximum atomic E-state index is 12.8. The summed E-state index contributed by atoms with van der Waals surface area (Å²) in [6.07, 6.45) is 0. The number of amides is 2. The fraction of sp³-hybridized carbons (Fsp3) is 0.280. The van der Waals surface area contributed by atoms with Crippen LogP contribution in [0.15, 0.2) is 59.6 Å². The number of hydrogen-bond donors (Lipinski definition) is 2. The summed E-state index contributed by atoms with van der Waals surface area (Å²) < 4.78 is 0. The molecular weight excluding hydrogens is 450 g/mol. The van der Waals surface area contributed by atoms with Crippen LogP contribution in [0.2, 0.25) is 5.02 Å². The lowest BCUT2D eigenvalue weighted by Gasteiger charge is -2.37. The maximum Gasteiger partial charge on any atom is 0.326 e. The molecule has 0 atom stereocenters. The zero-order chi connectivity index (χ0) is 24.1. The average Bonchev–Trinajstić information content (AvgIpc) is 2.80. The van der Waals surface area contributed by atoms with Crippen LogP contribution in [0.3, 0.4) is 0 Å². The highest BCUT2D eigenvalue weighted by atomic mass is 35.5. The largest absolute Gasteiger partial charge is 0.368 e. The van der Waals surface area contributed by atoms with Crippen LogP contribution in [-0.2, 0) is 0 Å². The predicted octanol–water partition coefficient (Wildman–Crippen LogP) is 4.69. The highest BCUT2D eigenvalue weighted by molar-refractivity contribution is 6.30. The second-order valence-corrected chi connectivity index (χ2v) is 8.72. The second-order valence-electron chi connectivity index (χ2n) is 8.29. The topological polar surface area (TPSA) is 85.7 Å². The number of nitrogens with one attached hydrogen (secondary N) is 2. The lowest BCUT2D eigenvalue weighted by atomic mass is 10.2. The van der Waals surface area contributed by atoms with E-state index in [4.69, 9.17) is 11.6 Å². The Kier molecular flexibility index (Phi) is 7.27. The van der Waals surface area contributed by atoms with Gasteiger partial charge in [-0.2, -0.15) is 4.99 Å². The molecule has 176 valence electrons. The summed E-state index contributed by atoms with van der Waals surface area (Å²) in [6, 6.07) is 17.0. The van der Waals surface area contributed by atoms with Crippen LogP contribution in [-0.4, -0.2) is 53.0 Å². The van der Waals surface area contributed by atoms with E-state index >= 15 is 0 Å². The number of aromatic nitrogens is 2. The van der Waals surface area contributed by atoms with Gasteiger partial charge in [0.25, 0.3) is 5.95 Å². The molecule has 9 heteroatoms. The molecule has 0 saturated carbocycles. The van der Waals surface area contributed by atoms with Crippen molar-refractivity contribution in [1.82, 2.24) is 20.2 Å². The van der Waals surface area contributed by atoms with E-state index in [0.717, 1.165) is 35.7 Å². The molecule has 1 saturated heterocycles. The van der Waals surface area contributed by atoms with Gasteiger partial charge in [0.05, 0.1) is 0 Å². The molecular formula is C25H28ClN7O. The Labute approximate surface area is 204 Å². The third-order valence-electron chi connectivity index (χ3n) is 5.46. The van der Waals surface area contributed by atoms with Gasteiger partial charge in [-0.15, -0.1) is 0 Å². The highest BCUT2D eigenvalue weighted by Crippen LogP contribution is 2.21. The Hall–Kier alpha value is -3.65. The predicted molar refractivity (Wildman–Crippen MR) is 137 cm³/mol. The van der Waals surface area contributed by atoms with Crippen LogP contribution in [0.5, 0.6) is 0 Å². The Bertz CT molecular complexity index is 1170. The van der Waals surface area contributed by atoms with Gasteiger partial charge in [0.2, 0.25) is 5.96 Å². The minimum atomic E-state index is -0.371. The van der Waals surface area contributed by atoms with E-state index in [1.807, 2.05) is 80.3 Å². The molecule has 1 aliphatic rings. The Balaban J connectivity index is 1.52. The van der Waals surface area contributed by atoms with E-state index in [-0.39, 0.29) is 6.03 Å². The first kappa shape index (κ1) is 23.5. The van der Waals surface area contributed by atoms with Crippen molar-refractivity contribution in [2.45, 2.75) is 20.8 Å². The first-order valence-electron chi connectivity index (χ1n) is 11.2. The number of nitrogens with zero attached hydrogens (tertiary/aromatic N) is 5. The van der Waals surface area contributed by atoms with Gasteiger partial charge < -0.3 is 15.1 Å². The summed E-state index contributed by atoms with van der Waals surface area (Å²) in [7, 11) is 0. The molecule has 4 rings (SSSR count). The zero-order valence-electron chi connectivity index (χ0n) is 19.5. The Morgan fingerprint density at radius 1 is 0.941 bits per heavy atom. The van der Waals surface area contributed by atoms with Crippen LogP contribution >= 0.6 is 11.6 Å². The van der Waals surface area contributed by atoms with Gasteiger partial charge in [-0.05, 0) is 57.2 Å². The first-order chi connectivity index (χ1) is 16.4. The molecule has 2 aromatic carbocycles. The summed E-state index contributed by atoms with van der Waals surface area (Å²) in [5.74, 6) is 0.737. The zero-order valence-corrected chi connectivity index (χ0v) is 20.3. The van der Waals surface area contributed by atoms with Crippen molar-refractivity contribution in [3.05, 3.63) is 76.6 Å². The molecule has 2 heterocycles. The standard InChI is InChI=1S/C25H28ClN7O/c1-17-7-9-21(10-8-17)29-25(34)31-24(30-23-27-18(2)15-19(3)28-23)33-13-11-32(12-14-33)22-6-4-5-20(26)16-22/h4-10,15-16H,11-14H2,1-3H3,(H2,27,28,29,30,31,34). The van der Waals surface area contributed by atoms with Crippen molar-refractivity contribution in [3.63, 3.8) is 0 Å². The van der Waals surface area contributed by atoms with Crippen molar-refractivity contribution >= 4 is 40.9 Å². The van der Waals surface area contributed by atoms with E-state index in [1.165, 1.54) is 0 Å². The normalized spacial score (nSPS) is 14.2. The second kappa shape index (κ2) is 10.5. The number of carbonyl (C=O) groups is 1. The van der Waals surface area contributed by atoms with Gasteiger partial charge in [0, 0.05) is 54.0 Å². The number of carbonyl (C=O) groups excluding carboxylic acids is 1. The number of halogens is 1. The third-order valence-corrected chi connectivity index (χ3v) is 5.70. The summed E-state index contributed by atoms with van der Waals surface area (Å²) in [4.78, 5) is 30.6. The molecule has 0 radical (unpaired) electrons. The summed E-state index contributed by atoms with van der Waals surface area (Å²) in [6.45, 7) is 8.65. The maximum absolute atomic E-state index is 12.8. The van der Waals surface area contributed by atoms with Gasteiger partial charge in [-0.3, -0.25) is 5.32 Å². The number of aryl methyl sites for hydroxylation is 3. The molecule has 0 unspecified atom stereocenters. The van der Waals surface area contributed by atoms with Crippen molar-refractivity contribution in [3.8, 4) is 0 Å². The highest BCUT2D eigenvalue weighted by Gasteiger charge is 2.22. The molecule has 0 bridgehead atoms. The van der Waals surface area contributed by atoms with Crippen molar-refractivity contribution < 1.29 is 4.79 Å². The van der Waals surface area contributed by atoms with Crippen LogP contribution in [0, 0.1) is 20.8 Å². The molecule has 3 aromatic rings. The minimum absolute atomic E-state index is 0.320. The number of piperazine rings is 1. The minimum Gasteiger partial charge on any atom is -0.368 e. The lowest BCUT2D eigenvalue weighted by Crippen LogP contribution is -2.54. The van der Waals surface area contributed by atoms with Crippen LogP contribution in [0.4, 0.5) is 22.1 Å². The number of hydrogen-bond acceptors (Lipinski definition) is 5. The van der Waals surface area contributed by atoms with E-state index in [0.29, 0.717) is 35.7 Å². The molecule has 2 amide bonds. The Morgan fingerprint density at radius 2 is 1.62 bits per heavy atom. The van der Waals surface area contributed by atoms with Crippen molar-refractivity contribution in [2.75, 3.05) is 36.4 Å². The lowest BCUT2D eigenvalue weighted by molar-refractivity contribution is 0.254. The van der Waals surface area contributed by atoms with E-state index in [9.17, 15) is 4.79 Å². The van der Waals surface area contributed by atoms with Crippen molar-refractivity contribution in [2.24, 2.45) is 4.99 Å². The van der Waals surface area contributed by atoms with Gasteiger partial charge in [-0.25, -0.2) is 14.8 Å². The molecule has 2 N–H and O–H groups in total. The van der Waals surface area contributed by atoms with Crippen molar-refractivity contribution in [1.29, 1.82) is 0 Å². The van der Waals surface area contributed by atoms with Gasteiger partial charge >= 0.3 is 6.03 Å². The van der Waals surface area contributed by atoms with Gasteiger partial charge in [0.15, 0.2) is 0 Å². The number of rotatable bonds is 3. The monoisotopic (exact) mass is 477 g/mol. The molecule has 34 heavy (non-hydrogen) atoms. The quantitative estimate of drug-likeness (QED) is 0.422. The fourth-order valence-corrected chi connectivity index (χ4v) is 3.96. The van der Waals surface area contributed by atoms with E-state index in [1.54, 1.807) is 0 Å². The summed E-state index contributed by atoms with van der Waals surface area (Å²) in [5.41, 5.74) is 4.54.